The van der Waals surface area contributed by atoms with E-state index in [0.29, 0.717) is 12.0 Å². The molecule has 1 nitrogen and oxygen atoms in total. The molecule has 1 heteroatoms. The van der Waals surface area contributed by atoms with Gasteiger partial charge in [0.15, 0.2) is 0 Å². The van der Waals surface area contributed by atoms with Crippen LogP contribution in [0.1, 0.15) is 63.5 Å². The molecule has 1 aliphatic carbocycles. The second-order valence-electron chi connectivity index (χ2n) is 6.11. The molecule has 18 heavy (non-hydrogen) atoms. The van der Waals surface area contributed by atoms with Gasteiger partial charge in [0.1, 0.15) is 0 Å². The highest BCUT2D eigenvalue weighted by Gasteiger charge is 2.20. The van der Waals surface area contributed by atoms with Gasteiger partial charge < -0.3 is 5.32 Å². The molecule has 1 saturated carbocycles. The van der Waals surface area contributed by atoms with E-state index in [0.717, 1.165) is 12.5 Å². The number of hydrogen-bond donors (Lipinski definition) is 1. The van der Waals surface area contributed by atoms with E-state index in [1.165, 1.54) is 36.8 Å². The largest absolute Gasteiger partial charge is 0.310 e. The highest BCUT2D eigenvalue weighted by Crippen LogP contribution is 2.27. The average molecular weight is 245 g/mol. The lowest BCUT2D eigenvalue weighted by atomic mass is 9.99. The first-order valence-electron chi connectivity index (χ1n) is 7.49. The summed E-state index contributed by atoms with van der Waals surface area (Å²) in [7, 11) is 0. The molecule has 1 fully saturated rings. The van der Waals surface area contributed by atoms with Crippen LogP contribution in [0.3, 0.4) is 0 Å². The lowest BCUT2D eigenvalue weighted by molar-refractivity contribution is 0.380. The van der Waals surface area contributed by atoms with Crippen molar-refractivity contribution in [1.29, 1.82) is 0 Å². The van der Waals surface area contributed by atoms with E-state index in [-0.39, 0.29) is 0 Å². The summed E-state index contributed by atoms with van der Waals surface area (Å²) in [6.07, 6.45) is 5.69. The van der Waals surface area contributed by atoms with Gasteiger partial charge in [-0.2, -0.15) is 0 Å². The van der Waals surface area contributed by atoms with Crippen molar-refractivity contribution < 1.29 is 0 Å². The number of benzene rings is 1. The minimum absolute atomic E-state index is 0.629. The molecule has 1 aromatic rings. The van der Waals surface area contributed by atoms with E-state index >= 15 is 0 Å². The van der Waals surface area contributed by atoms with Gasteiger partial charge in [0.25, 0.3) is 0 Å². The molecule has 0 aromatic heterocycles. The number of hydrogen-bond acceptors (Lipinski definition) is 1. The third kappa shape index (κ3) is 3.58. The summed E-state index contributed by atoms with van der Waals surface area (Å²) in [6.45, 7) is 7.85. The van der Waals surface area contributed by atoms with Gasteiger partial charge in [-0.25, -0.2) is 0 Å². The summed E-state index contributed by atoms with van der Waals surface area (Å²) < 4.78 is 0. The third-order valence-electron chi connectivity index (χ3n) is 4.38. The van der Waals surface area contributed by atoms with Crippen molar-refractivity contribution in [3.63, 3.8) is 0 Å². The average Bonchev–Trinajstić information content (AvgIpc) is 2.90. The van der Waals surface area contributed by atoms with Gasteiger partial charge in [-0.3, -0.25) is 0 Å². The summed E-state index contributed by atoms with van der Waals surface area (Å²) >= 11 is 0. The molecule has 0 saturated heterocycles. The van der Waals surface area contributed by atoms with Crippen molar-refractivity contribution in [2.45, 2.75) is 65.0 Å². The maximum Gasteiger partial charge on any atom is 0.0208 e. The van der Waals surface area contributed by atoms with Crippen LogP contribution in [0.2, 0.25) is 0 Å². The lowest BCUT2D eigenvalue weighted by Gasteiger charge is -2.20. The van der Waals surface area contributed by atoms with Gasteiger partial charge in [0, 0.05) is 12.6 Å². The molecule has 0 unspecified atom stereocenters. The first kappa shape index (κ1) is 13.6. The lowest BCUT2D eigenvalue weighted by Crippen LogP contribution is -2.31. The molecule has 0 aliphatic heterocycles. The Kier molecular flexibility index (Phi) is 4.82. The van der Waals surface area contributed by atoms with Crippen LogP contribution in [0.5, 0.6) is 0 Å². The molecule has 0 amide bonds. The fourth-order valence-corrected chi connectivity index (χ4v) is 2.92. The fraction of sp³-hybridized carbons (Fsp3) is 0.647. The topological polar surface area (TPSA) is 12.0 Å². The number of nitrogens with one attached hydrogen (secondary N) is 1. The zero-order valence-corrected chi connectivity index (χ0v) is 12.1. The first-order valence-corrected chi connectivity index (χ1v) is 7.49. The van der Waals surface area contributed by atoms with Crippen LogP contribution in [-0.4, -0.2) is 6.04 Å². The zero-order valence-electron chi connectivity index (χ0n) is 12.1. The predicted molar refractivity (Wildman–Crippen MR) is 78.8 cm³/mol. The van der Waals surface area contributed by atoms with Gasteiger partial charge >= 0.3 is 0 Å². The summed E-state index contributed by atoms with van der Waals surface area (Å²) in [4.78, 5) is 0. The fourth-order valence-electron chi connectivity index (χ4n) is 2.92. The Labute approximate surface area is 112 Å². The van der Waals surface area contributed by atoms with Crippen LogP contribution < -0.4 is 5.32 Å². The van der Waals surface area contributed by atoms with Crippen LogP contribution in [-0.2, 0) is 6.54 Å². The Bertz CT molecular complexity index is 346. The molecule has 100 valence electrons. The minimum Gasteiger partial charge on any atom is -0.310 e. The molecule has 2 rings (SSSR count). The summed E-state index contributed by atoms with van der Waals surface area (Å²) in [5.74, 6) is 1.53. The molecule has 0 heterocycles. The minimum atomic E-state index is 0.629. The smallest absolute Gasteiger partial charge is 0.0208 e. The van der Waals surface area contributed by atoms with Gasteiger partial charge in [-0.1, -0.05) is 51.0 Å². The second kappa shape index (κ2) is 6.38. The van der Waals surface area contributed by atoms with E-state index in [9.17, 15) is 0 Å². The monoisotopic (exact) mass is 245 g/mol. The molecule has 0 radical (unpaired) electrons. The van der Waals surface area contributed by atoms with Crippen molar-refractivity contribution in [2.24, 2.45) is 5.92 Å². The molecule has 0 spiro atoms. The molecule has 1 aliphatic rings. The molecular weight excluding hydrogens is 218 g/mol. The van der Waals surface area contributed by atoms with Crippen molar-refractivity contribution in [2.75, 3.05) is 0 Å². The maximum absolute atomic E-state index is 3.69. The van der Waals surface area contributed by atoms with E-state index in [1.54, 1.807) is 0 Å². The van der Waals surface area contributed by atoms with Crippen molar-refractivity contribution in [3.05, 3.63) is 35.4 Å². The summed E-state index contributed by atoms with van der Waals surface area (Å²) in [5.41, 5.74) is 2.84. The Hall–Kier alpha value is -0.820. The van der Waals surface area contributed by atoms with Gasteiger partial charge in [0.05, 0.1) is 0 Å². The van der Waals surface area contributed by atoms with Crippen molar-refractivity contribution >= 4 is 0 Å². The van der Waals surface area contributed by atoms with E-state index in [2.05, 4.69) is 50.4 Å². The maximum atomic E-state index is 3.69. The van der Waals surface area contributed by atoms with Gasteiger partial charge in [0.2, 0.25) is 0 Å². The van der Waals surface area contributed by atoms with Gasteiger partial charge in [-0.05, 0) is 42.7 Å². The molecular formula is C17H27N. The zero-order chi connectivity index (χ0) is 13.0. The molecule has 1 atom stereocenters. The highest BCUT2D eigenvalue weighted by molar-refractivity contribution is 5.24. The van der Waals surface area contributed by atoms with Crippen molar-refractivity contribution in [3.8, 4) is 0 Å². The SMILES string of the molecule is CC(C)c1ccc(CN[C@H](C)C2CCCC2)cc1. The first-order chi connectivity index (χ1) is 8.66. The van der Waals surface area contributed by atoms with E-state index in [4.69, 9.17) is 0 Å². The van der Waals surface area contributed by atoms with E-state index in [1.807, 2.05) is 0 Å². The van der Waals surface area contributed by atoms with Crippen LogP contribution in [0.4, 0.5) is 0 Å². The quantitative estimate of drug-likeness (QED) is 0.806. The standard InChI is InChI=1S/C17H27N/c1-13(2)16-10-8-15(9-11-16)12-18-14(3)17-6-4-5-7-17/h8-11,13-14,17-18H,4-7,12H2,1-3H3/t14-/m1/s1. The molecule has 1 N–H and O–H groups in total. The summed E-state index contributed by atoms with van der Waals surface area (Å²) in [5, 5.41) is 3.69. The normalized spacial score (nSPS) is 18.4. The van der Waals surface area contributed by atoms with Crippen LogP contribution in [0, 0.1) is 5.92 Å². The van der Waals surface area contributed by atoms with Gasteiger partial charge in [-0.15, -0.1) is 0 Å². The van der Waals surface area contributed by atoms with E-state index < -0.39 is 0 Å². The Morgan fingerprint density at radius 2 is 1.67 bits per heavy atom. The Morgan fingerprint density at radius 3 is 2.22 bits per heavy atom. The Morgan fingerprint density at radius 1 is 1.06 bits per heavy atom. The number of rotatable bonds is 5. The molecule has 0 bridgehead atoms. The summed E-state index contributed by atoms with van der Waals surface area (Å²) in [6, 6.07) is 9.73. The third-order valence-corrected chi connectivity index (χ3v) is 4.38. The van der Waals surface area contributed by atoms with Crippen LogP contribution >= 0.6 is 0 Å². The molecule has 1 aromatic carbocycles. The highest BCUT2D eigenvalue weighted by atomic mass is 14.9. The van der Waals surface area contributed by atoms with Crippen LogP contribution in [0.25, 0.3) is 0 Å². The van der Waals surface area contributed by atoms with Crippen molar-refractivity contribution in [1.82, 2.24) is 5.32 Å². The second-order valence-corrected chi connectivity index (χ2v) is 6.11. The predicted octanol–water partition coefficient (Wildman–Crippen LogP) is 4.48. The Balaban J connectivity index is 1.82. The van der Waals surface area contributed by atoms with Crippen LogP contribution in [0.15, 0.2) is 24.3 Å².